The number of anilines is 1. The second-order valence-corrected chi connectivity index (χ2v) is 7.05. The summed E-state index contributed by atoms with van der Waals surface area (Å²) in [6.07, 6.45) is 0. The zero-order chi connectivity index (χ0) is 21.5. The van der Waals surface area contributed by atoms with Crippen molar-refractivity contribution in [3.8, 4) is 17.2 Å². The van der Waals surface area contributed by atoms with Gasteiger partial charge in [-0.1, -0.05) is 11.6 Å². The quantitative estimate of drug-likeness (QED) is 0.489. The lowest BCUT2D eigenvalue weighted by molar-refractivity contribution is 0.102. The van der Waals surface area contributed by atoms with Crippen molar-refractivity contribution in [3.05, 3.63) is 82.4 Å². The average Bonchev–Trinajstić information content (AvgIpc) is 2.76. The van der Waals surface area contributed by atoms with Crippen LogP contribution in [-0.4, -0.2) is 19.6 Å². The van der Waals surface area contributed by atoms with Crippen LogP contribution in [0.4, 0.5) is 5.69 Å². The van der Waals surface area contributed by atoms with Crippen molar-refractivity contribution in [3.63, 3.8) is 0 Å². The van der Waals surface area contributed by atoms with Gasteiger partial charge in [0.05, 0.1) is 13.7 Å². The zero-order valence-electron chi connectivity index (χ0n) is 17.2. The van der Waals surface area contributed by atoms with Crippen LogP contribution in [0.5, 0.6) is 17.2 Å². The highest BCUT2D eigenvalue weighted by atomic mass is 35.5. The van der Waals surface area contributed by atoms with E-state index in [9.17, 15) is 4.79 Å². The summed E-state index contributed by atoms with van der Waals surface area (Å²) in [4.78, 5) is 12.7. The molecule has 0 aromatic heterocycles. The Labute approximate surface area is 181 Å². The number of amides is 1. The van der Waals surface area contributed by atoms with Crippen LogP contribution < -0.4 is 19.5 Å². The van der Waals surface area contributed by atoms with Gasteiger partial charge in [0.2, 0.25) is 0 Å². The SMILES string of the molecule is CCOc1ccc(NC(=O)c2ccc(OC)c(COc3ccc(Cl)c(C)c3)c2)cc1. The molecule has 0 saturated carbocycles. The van der Waals surface area contributed by atoms with E-state index in [4.69, 9.17) is 25.8 Å². The number of halogens is 1. The maximum atomic E-state index is 12.7. The van der Waals surface area contributed by atoms with Gasteiger partial charge < -0.3 is 19.5 Å². The fraction of sp³-hybridized carbons (Fsp3) is 0.208. The van der Waals surface area contributed by atoms with Gasteiger partial charge in [-0.3, -0.25) is 4.79 Å². The summed E-state index contributed by atoms with van der Waals surface area (Å²) >= 11 is 6.06. The minimum atomic E-state index is -0.217. The molecule has 3 rings (SSSR count). The van der Waals surface area contributed by atoms with Crippen molar-refractivity contribution in [1.29, 1.82) is 0 Å². The van der Waals surface area contributed by atoms with Crippen LogP contribution in [0.1, 0.15) is 28.4 Å². The summed E-state index contributed by atoms with van der Waals surface area (Å²) in [5, 5.41) is 3.58. The Morgan fingerprint density at radius 2 is 1.70 bits per heavy atom. The van der Waals surface area contributed by atoms with E-state index >= 15 is 0 Å². The molecule has 3 aromatic rings. The van der Waals surface area contributed by atoms with Gasteiger partial charge in [-0.25, -0.2) is 0 Å². The fourth-order valence-corrected chi connectivity index (χ4v) is 3.02. The highest BCUT2D eigenvalue weighted by molar-refractivity contribution is 6.31. The smallest absolute Gasteiger partial charge is 0.255 e. The molecule has 1 N–H and O–H groups in total. The number of carbonyl (C=O) groups excluding carboxylic acids is 1. The standard InChI is InChI=1S/C24H24ClNO4/c1-4-29-20-8-6-19(7-9-20)26-24(27)17-5-12-23(28-3)18(14-17)15-30-21-10-11-22(25)16(2)13-21/h5-14H,4,15H2,1-3H3,(H,26,27). The van der Waals surface area contributed by atoms with Gasteiger partial charge >= 0.3 is 0 Å². The molecule has 30 heavy (non-hydrogen) atoms. The van der Waals surface area contributed by atoms with Gasteiger partial charge in [0.1, 0.15) is 23.9 Å². The number of ether oxygens (including phenoxy) is 3. The van der Waals surface area contributed by atoms with Gasteiger partial charge in [-0.05, 0) is 80.1 Å². The second-order valence-electron chi connectivity index (χ2n) is 6.64. The van der Waals surface area contributed by atoms with Gasteiger partial charge in [-0.2, -0.15) is 0 Å². The molecule has 3 aromatic carbocycles. The third-order valence-electron chi connectivity index (χ3n) is 4.49. The van der Waals surface area contributed by atoms with Crippen LogP contribution in [-0.2, 0) is 6.61 Å². The van der Waals surface area contributed by atoms with Crippen LogP contribution in [0.25, 0.3) is 0 Å². The summed E-state index contributed by atoms with van der Waals surface area (Å²) in [6, 6.07) is 18.0. The van der Waals surface area contributed by atoms with E-state index in [0.717, 1.165) is 16.9 Å². The lowest BCUT2D eigenvalue weighted by Crippen LogP contribution is -2.13. The number of aryl methyl sites for hydroxylation is 1. The van der Waals surface area contributed by atoms with E-state index in [2.05, 4.69) is 5.32 Å². The van der Waals surface area contributed by atoms with Crippen molar-refractivity contribution < 1.29 is 19.0 Å². The number of rotatable bonds is 8. The molecule has 0 spiro atoms. The molecule has 6 heteroatoms. The van der Waals surface area contributed by atoms with Crippen molar-refractivity contribution in [1.82, 2.24) is 0 Å². The summed E-state index contributed by atoms with van der Waals surface area (Å²) in [6.45, 7) is 4.70. The Hall–Kier alpha value is -3.18. The molecule has 0 radical (unpaired) electrons. The van der Waals surface area contributed by atoms with E-state index in [1.807, 2.05) is 38.1 Å². The predicted octanol–water partition coefficient (Wildman–Crippen LogP) is 5.89. The number of carbonyl (C=O) groups is 1. The predicted molar refractivity (Wildman–Crippen MR) is 119 cm³/mol. The molecular weight excluding hydrogens is 402 g/mol. The number of methoxy groups -OCH3 is 1. The van der Waals surface area contributed by atoms with Crippen LogP contribution in [0.2, 0.25) is 5.02 Å². The Kier molecular flexibility index (Phi) is 7.20. The minimum absolute atomic E-state index is 0.217. The first kappa shape index (κ1) is 21.5. The van der Waals surface area contributed by atoms with Gasteiger partial charge in [-0.15, -0.1) is 0 Å². The third kappa shape index (κ3) is 5.45. The van der Waals surface area contributed by atoms with Crippen LogP contribution in [0, 0.1) is 6.92 Å². The summed E-state index contributed by atoms with van der Waals surface area (Å²) < 4.78 is 16.7. The molecule has 156 valence electrons. The van der Waals surface area contributed by atoms with E-state index in [0.29, 0.717) is 34.4 Å². The summed E-state index contributed by atoms with van der Waals surface area (Å²) in [5.74, 6) is 1.89. The summed E-state index contributed by atoms with van der Waals surface area (Å²) in [5.41, 5.74) is 2.90. The van der Waals surface area contributed by atoms with Crippen LogP contribution in [0.3, 0.4) is 0 Å². The number of hydrogen-bond acceptors (Lipinski definition) is 4. The first-order chi connectivity index (χ1) is 14.5. The van der Waals surface area contributed by atoms with Crippen molar-refractivity contribution >= 4 is 23.2 Å². The lowest BCUT2D eigenvalue weighted by atomic mass is 10.1. The average molecular weight is 426 g/mol. The molecule has 1 amide bonds. The molecule has 0 aliphatic carbocycles. The lowest BCUT2D eigenvalue weighted by Gasteiger charge is -2.13. The topological polar surface area (TPSA) is 56.8 Å². The molecular formula is C24H24ClNO4. The van der Waals surface area contributed by atoms with E-state index in [1.165, 1.54) is 0 Å². The summed E-state index contributed by atoms with van der Waals surface area (Å²) in [7, 11) is 1.59. The first-order valence-electron chi connectivity index (χ1n) is 9.60. The Balaban J connectivity index is 1.72. The highest BCUT2D eigenvalue weighted by Crippen LogP contribution is 2.25. The molecule has 0 bridgehead atoms. The molecule has 0 aliphatic heterocycles. The molecule has 0 atom stereocenters. The largest absolute Gasteiger partial charge is 0.496 e. The highest BCUT2D eigenvalue weighted by Gasteiger charge is 2.12. The molecule has 0 aliphatic rings. The Bertz CT molecular complexity index is 1020. The minimum Gasteiger partial charge on any atom is -0.496 e. The maximum Gasteiger partial charge on any atom is 0.255 e. The van der Waals surface area contributed by atoms with E-state index < -0.39 is 0 Å². The van der Waals surface area contributed by atoms with Crippen molar-refractivity contribution in [2.24, 2.45) is 0 Å². The van der Waals surface area contributed by atoms with Gasteiger partial charge in [0.15, 0.2) is 0 Å². The molecule has 5 nitrogen and oxygen atoms in total. The van der Waals surface area contributed by atoms with Crippen LogP contribution >= 0.6 is 11.6 Å². The van der Waals surface area contributed by atoms with Crippen molar-refractivity contribution in [2.75, 3.05) is 19.0 Å². The third-order valence-corrected chi connectivity index (χ3v) is 4.91. The molecule has 0 unspecified atom stereocenters. The normalized spacial score (nSPS) is 10.4. The maximum absolute atomic E-state index is 12.7. The monoisotopic (exact) mass is 425 g/mol. The van der Waals surface area contributed by atoms with Gasteiger partial charge in [0.25, 0.3) is 5.91 Å². The Morgan fingerprint density at radius 3 is 2.37 bits per heavy atom. The molecule has 0 saturated heterocycles. The second kappa shape index (κ2) is 10.0. The van der Waals surface area contributed by atoms with E-state index in [-0.39, 0.29) is 12.5 Å². The molecule has 0 fully saturated rings. The number of hydrogen-bond donors (Lipinski definition) is 1. The van der Waals surface area contributed by atoms with Crippen LogP contribution in [0.15, 0.2) is 60.7 Å². The number of nitrogens with one attached hydrogen (secondary N) is 1. The van der Waals surface area contributed by atoms with E-state index in [1.54, 1.807) is 43.5 Å². The van der Waals surface area contributed by atoms with Crippen molar-refractivity contribution in [2.45, 2.75) is 20.5 Å². The zero-order valence-corrected chi connectivity index (χ0v) is 18.0. The fourth-order valence-electron chi connectivity index (χ4n) is 2.91. The van der Waals surface area contributed by atoms with Gasteiger partial charge in [0, 0.05) is 21.8 Å². The number of benzene rings is 3. The molecule has 0 heterocycles. The Morgan fingerprint density at radius 1 is 0.967 bits per heavy atom. The first-order valence-corrected chi connectivity index (χ1v) is 9.98.